The minimum Gasteiger partial charge on any atom is -0.457 e. The zero-order valence-corrected chi connectivity index (χ0v) is 10.2. The quantitative estimate of drug-likeness (QED) is 0.738. The Balaban J connectivity index is 2.17. The minimum absolute atomic E-state index is 0.0927. The lowest BCUT2D eigenvalue weighted by molar-refractivity contribution is 0.103. The number of hydrogen-bond acceptors (Lipinski definition) is 3. The van der Waals surface area contributed by atoms with Crippen molar-refractivity contribution in [2.45, 2.75) is 0 Å². The number of fused-ring (bicyclic) bond motifs is 1. The molecule has 0 aliphatic rings. The Morgan fingerprint density at radius 3 is 3.00 bits per heavy atom. The number of ketones is 1. The average Bonchev–Trinajstić information content (AvgIpc) is 2.94. The molecule has 0 spiro atoms. The van der Waals surface area contributed by atoms with E-state index in [0.717, 1.165) is 10.9 Å². The van der Waals surface area contributed by atoms with Crippen LogP contribution in [0, 0.1) is 0 Å². The summed E-state index contributed by atoms with van der Waals surface area (Å²) in [4.78, 5) is 19.3. The molecule has 0 radical (unpaired) electrons. The second kappa shape index (κ2) is 3.85. The standard InChI is InChI=1S/C12H7BrN2O2/c13-12-7(2-4-17-12)11(16)9-6-15-10-1-3-14-5-8(9)10/h1-6,15H. The number of carbonyl (C=O) groups is 1. The maximum absolute atomic E-state index is 12.3. The molecule has 0 amide bonds. The van der Waals surface area contributed by atoms with Gasteiger partial charge in [-0.05, 0) is 28.1 Å². The van der Waals surface area contributed by atoms with Crippen LogP contribution in [0.25, 0.3) is 10.9 Å². The lowest BCUT2D eigenvalue weighted by Crippen LogP contribution is -1.99. The molecule has 3 rings (SSSR count). The first-order valence-corrected chi connectivity index (χ1v) is 5.75. The molecule has 84 valence electrons. The van der Waals surface area contributed by atoms with Crippen LogP contribution in [-0.2, 0) is 0 Å². The number of hydrogen-bond donors (Lipinski definition) is 1. The summed E-state index contributed by atoms with van der Waals surface area (Å²) in [5.41, 5.74) is 1.99. The fourth-order valence-electron chi connectivity index (χ4n) is 1.75. The summed E-state index contributed by atoms with van der Waals surface area (Å²) in [5.74, 6) is -0.0927. The predicted molar refractivity (Wildman–Crippen MR) is 65.9 cm³/mol. The summed E-state index contributed by atoms with van der Waals surface area (Å²) in [5, 5.41) is 0.811. The lowest BCUT2D eigenvalue weighted by Gasteiger charge is -1.96. The monoisotopic (exact) mass is 290 g/mol. The maximum atomic E-state index is 12.3. The highest BCUT2D eigenvalue weighted by atomic mass is 79.9. The first-order valence-electron chi connectivity index (χ1n) is 4.96. The fourth-order valence-corrected chi connectivity index (χ4v) is 2.17. The summed E-state index contributed by atoms with van der Waals surface area (Å²) < 4.78 is 5.51. The van der Waals surface area contributed by atoms with Crippen molar-refractivity contribution >= 4 is 32.6 Å². The van der Waals surface area contributed by atoms with Gasteiger partial charge in [0.15, 0.2) is 10.5 Å². The Morgan fingerprint density at radius 2 is 2.24 bits per heavy atom. The number of nitrogens with one attached hydrogen (secondary N) is 1. The zero-order valence-electron chi connectivity index (χ0n) is 8.61. The van der Waals surface area contributed by atoms with E-state index in [-0.39, 0.29) is 5.78 Å². The van der Waals surface area contributed by atoms with Gasteiger partial charge in [0.25, 0.3) is 0 Å². The van der Waals surface area contributed by atoms with Crippen LogP contribution < -0.4 is 0 Å². The van der Waals surface area contributed by atoms with Gasteiger partial charge in [0.1, 0.15) is 0 Å². The summed E-state index contributed by atoms with van der Waals surface area (Å²) in [6, 6.07) is 3.47. The van der Waals surface area contributed by atoms with Crippen LogP contribution >= 0.6 is 15.9 Å². The molecule has 0 saturated carbocycles. The largest absolute Gasteiger partial charge is 0.457 e. The van der Waals surface area contributed by atoms with Gasteiger partial charge in [0, 0.05) is 35.1 Å². The topological polar surface area (TPSA) is 58.9 Å². The van der Waals surface area contributed by atoms with Crippen LogP contribution in [0.1, 0.15) is 15.9 Å². The number of H-pyrrole nitrogens is 1. The molecule has 0 fully saturated rings. The number of aromatic nitrogens is 2. The van der Waals surface area contributed by atoms with Crippen molar-refractivity contribution < 1.29 is 9.21 Å². The van der Waals surface area contributed by atoms with Crippen molar-refractivity contribution in [3.05, 3.63) is 52.8 Å². The smallest absolute Gasteiger partial charge is 0.199 e. The Hall–Kier alpha value is -1.88. The van der Waals surface area contributed by atoms with Crippen LogP contribution in [-0.4, -0.2) is 15.8 Å². The number of carbonyl (C=O) groups excluding carboxylic acids is 1. The highest BCUT2D eigenvalue weighted by Gasteiger charge is 2.18. The van der Waals surface area contributed by atoms with Gasteiger partial charge in [-0.25, -0.2) is 0 Å². The van der Waals surface area contributed by atoms with E-state index in [4.69, 9.17) is 4.42 Å². The van der Waals surface area contributed by atoms with E-state index < -0.39 is 0 Å². The minimum atomic E-state index is -0.0927. The van der Waals surface area contributed by atoms with Crippen LogP contribution in [0.4, 0.5) is 0 Å². The third-order valence-corrected chi connectivity index (χ3v) is 3.20. The number of nitrogens with zero attached hydrogens (tertiary/aromatic N) is 1. The van der Waals surface area contributed by atoms with Gasteiger partial charge in [-0.3, -0.25) is 9.78 Å². The zero-order chi connectivity index (χ0) is 11.8. The van der Waals surface area contributed by atoms with E-state index >= 15 is 0 Å². The SMILES string of the molecule is O=C(c1ccoc1Br)c1c[nH]c2ccncc12. The van der Waals surface area contributed by atoms with E-state index in [1.54, 1.807) is 24.7 Å². The molecule has 0 unspecified atom stereocenters. The normalized spacial score (nSPS) is 10.9. The van der Waals surface area contributed by atoms with Crippen molar-refractivity contribution in [3.63, 3.8) is 0 Å². The molecule has 0 atom stereocenters. The van der Waals surface area contributed by atoms with Gasteiger partial charge in [-0.2, -0.15) is 0 Å². The second-order valence-electron chi connectivity index (χ2n) is 3.56. The number of halogens is 1. The van der Waals surface area contributed by atoms with Crippen molar-refractivity contribution in [1.29, 1.82) is 0 Å². The van der Waals surface area contributed by atoms with E-state index in [0.29, 0.717) is 15.8 Å². The summed E-state index contributed by atoms with van der Waals surface area (Å²) in [6.45, 7) is 0. The van der Waals surface area contributed by atoms with Crippen molar-refractivity contribution in [1.82, 2.24) is 9.97 Å². The first-order chi connectivity index (χ1) is 8.27. The van der Waals surface area contributed by atoms with E-state index in [1.165, 1.54) is 6.26 Å². The van der Waals surface area contributed by atoms with E-state index in [1.807, 2.05) is 6.07 Å². The Labute approximate surface area is 105 Å². The third kappa shape index (κ3) is 1.59. The third-order valence-electron chi connectivity index (χ3n) is 2.59. The van der Waals surface area contributed by atoms with Crippen LogP contribution in [0.15, 0.2) is 46.1 Å². The van der Waals surface area contributed by atoms with Gasteiger partial charge >= 0.3 is 0 Å². The van der Waals surface area contributed by atoms with Gasteiger partial charge in [-0.15, -0.1) is 0 Å². The fraction of sp³-hybridized carbons (Fsp3) is 0. The number of furan rings is 1. The lowest BCUT2D eigenvalue weighted by atomic mass is 10.1. The molecule has 17 heavy (non-hydrogen) atoms. The summed E-state index contributed by atoms with van der Waals surface area (Å²) >= 11 is 3.20. The Morgan fingerprint density at radius 1 is 1.35 bits per heavy atom. The molecule has 3 aromatic rings. The molecular formula is C12H7BrN2O2. The molecule has 0 saturated heterocycles. The highest BCUT2D eigenvalue weighted by Crippen LogP contribution is 2.24. The molecule has 0 aliphatic heterocycles. The Kier molecular flexibility index (Phi) is 2.33. The average molecular weight is 291 g/mol. The van der Waals surface area contributed by atoms with E-state index in [9.17, 15) is 4.79 Å². The summed E-state index contributed by atoms with van der Waals surface area (Å²) in [7, 11) is 0. The molecule has 0 bridgehead atoms. The molecule has 0 aromatic carbocycles. The molecule has 3 aromatic heterocycles. The van der Waals surface area contributed by atoms with Crippen LogP contribution in [0.5, 0.6) is 0 Å². The predicted octanol–water partition coefficient (Wildman–Crippen LogP) is 3.15. The molecule has 0 aliphatic carbocycles. The molecule has 1 N–H and O–H groups in total. The van der Waals surface area contributed by atoms with Crippen molar-refractivity contribution in [2.24, 2.45) is 0 Å². The first kappa shape index (κ1) is 10.3. The van der Waals surface area contributed by atoms with E-state index in [2.05, 4.69) is 25.9 Å². The second-order valence-corrected chi connectivity index (χ2v) is 4.28. The van der Waals surface area contributed by atoms with Crippen molar-refractivity contribution in [3.8, 4) is 0 Å². The molecule has 3 heterocycles. The molecule has 4 nitrogen and oxygen atoms in total. The Bertz CT molecular complexity index is 699. The van der Waals surface area contributed by atoms with Gasteiger partial charge in [0.2, 0.25) is 0 Å². The summed E-state index contributed by atoms with van der Waals surface area (Å²) in [6.07, 6.45) is 6.52. The maximum Gasteiger partial charge on any atom is 0.199 e. The number of pyridine rings is 1. The van der Waals surface area contributed by atoms with Crippen molar-refractivity contribution in [2.75, 3.05) is 0 Å². The number of rotatable bonds is 2. The van der Waals surface area contributed by atoms with Crippen LogP contribution in [0.3, 0.4) is 0 Å². The highest BCUT2D eigenvalue weighted by molar-refractivity contribution is 9.10. The molecular weight excluding hydrogens is 284 g/mol. The van der Waals surface area contributed by atoms with Gasteiger partial charge in [0.05, 0.1) is 11.8 Å². The van der Waals surface area contributed by atoms with Crippen LogP contribution in [0.2, 0.25) is 0 Å². The number of aromatic amines is 1. The van der Waals surface area contributed by atoms with Gasteiger partial charge < -0.3 is 9.40 Å². The molecule has 5 heteroatoms. The van der Waals surface area contributed by atoms with Gasteiger partial charge in [-0.1, -0.05) is 0 Å².